The smallest absolute Gasteiger partial charge is 0.229 e. The standard InChI is InChI=1S/C3H6N2O3/c1-3(4-6)2-5(7)8/h3H,2H2,1H3. The summed E-state index contributed by atoms with van der Waals surface area (Å²) in [5.41, 5.74) is 0. The minimum atomic E-state index is -0.704. The molecule has 0 rings (SSSR count). The molecule has 0 aromatic carbocycles. The Morgan fingerprint density at radius 2 is 2.38 bits per heavy atom. The van der Waals surface area contributed by atoms with E-state index in [9.17, 15) is 15.0 Å². The molecule has 1 atom stereocenters. The van der Waals surface area contributed by atoms with Crippen molar-refractivity contribution in [2.24, 2.45) is 5.18 Å². The monoisotopic (exact) mass is 118 g/mol. The van der Waals surface area contributed by atoms with Gasteiger partial charge in [-0.3, -0.25) is 10.1 Å². The van der Waals surface area contributed by atoms with Gasteiger partial charge in [-0.15, -0.1) is 0 Å². The number of nitrogens with zero attached hydrogens (tertiary/aromatic N) is 2. The largest absolute Gasteiger partial charge is 0.264 e. The number of hydrogen-bond acceptors (Lipinski definition) is 4. The molecule has 1 unspecified atom stereocenters. The summed E-state index contributed by atoms with van der Waals surface area (Å²) in [6.45, 7) is 1.03. The molecule has 0 aliphatic heterocycles. The van der Waals surface area contributed by atoms with Gasteiger partial charge in [0.2, 0.25) is 6.54 Å². The molecule has 0 aromatic rings. The van der Waals surface area contributed by atoms with E-state index in [-0.39, 0.29) is 6.54 Å². The molecule has 0 aromatic heterocycles. The molecule has 0 spiro atoms. The molecule has 5 nitrogen and oxygen atoms in total. The lowest BCUT2D eigenvalue weighted by atomic mass is 10.4. The summed E-state index contributed by atoms with van der Waals surface area (Å²) in [6.07, 6.45) is 0. The predicted octanol–water partition coefficient (Wildman–Crippen LogP) is 0.418. The molecular formula is C3H6N2O3. The van der Waals surface area contributed by atoms with Crippen molar-refractivity contribution in [2.75, 3.05) is 6.54 Å². The van der Waals surface area contributed by atoms with Crippen molar-refractivity contribution in [1.82, 2.24) is 0 Å². The van der Waals surface area contributed by atoms with Gasteiger partial charge in [-0.05, 0) is 6.92 Å². The fraction of sp³-hybridized carbons (Fsp3) is 1.00. The van der Waals surface area contributed by atoms with E-state index >= 15 is 0 Å². The van der Waals surface area contributed by atoms with Gasteiger partial charge in [0.25, 0.3) is 0 Å². The first-order valence-electron chi connectivity index (χ1n) is 2.11. The molecule has 0 fully saturated rings. The average Bonchev–Trinajstić information content (AvgIpc) is 1.65. The van der Waals surface area contributed by atoms with E-state index < -0.39 is 11.0 Å². The lowest BCUT2D eigenvalue weighted by Gasteiger charge is -1.90. The zero-order valence-corrected chi connectivity index (χ0v) is 4.40. The lowest BCUT2D eigenvalue weighted by molar-refractivity contribution is -0.481. The van der Waals surface area contributed by atoms with E-state index in [1.54, 1.807) is 0 Å². The first-order valence-corrected chi connectivity index (χ1v) is 2.11. The molecule has 0 bridgehead atoms. The maximum atomic E-state index is 9.58. The van der Waals surface area contributed by atoms with Crippen LogP contribution in [-0.2, 0) is 0 Å². The van der Waals surface area contributed by atoms with Crippen LogP contribution in [0.4, 0.5) is 0 Å². The second-order valence-corrected chi connectivity index (χ2v) is 1.47. The van der Waals surface area contributed by atoms with Crippen LogP contribution in [0.1, 0.15) is 6.92 Å². The summed E-state index contributed by atoms with van der Waals surface area (Å²) in [4.78, 5) is 18.5. The Labute approximate surface area is 45.8 Å². The zero-order chi connectivity index (χ0) is 6.57. The average molecular weight is 118 g/mol. The van der Waals surface area contributed by atoms with Crippen LogP contribution < -0.4 is 0 Å². The van der Waals surface area contributed by atoms with Crippen LogP contribution in [0.2, 0.25) is 0 Å². The highest BCUT2D eigenvalue weighted by Gasteiger charge is 2.06. The topological polar surface area (TPSA) is 72.6 Å². The summed E-state index contributed by atoms with van der Waals surface area (Å²) < 4.78 is 0. The highest BCUT2D eigenvalue weighted by atomic mass is 16.6. The van der Waals surface area contributed by atoms with Crippen molar-refractivity contribution in [3.8, 4) is 0 Å². The summed E-state index contributed by atoms with van der Waals surface area (Å²) >= 11 is 0. The molecule has 5 heteroatoms. The number of nitroso groups, excluding NO2 is 1. The van der Waals surface area contributed by atoms with E-state index in [1.807, 2.05) is 0 Å². The van der Waals surface area contributed by atoms with Crippen molar-refractivity contribution in [3.63, 3.8) is 0 Å². The zero-order valence-electron chi connectivity index (χ0n) is 4.40. The number of hydrogen-bond donors (Lipinski definition) is 0. The molecule has 0 saturated heterocycles. The van der Waals surface area contributed by atoms with Gasteiger partial charge in [-0.1, -0.05) is 5.18 Å². The Kier molecular flexibility index (Phi) is 2.68. The third-order valence-corrected chi connectivity index (χ3v) is 0.593. The van der Waals surface area contributed by atoms with Crippen LogP contribution in [0.5, 0.6) is 0 Å². The van der Waals surface area contributed by atoms with E-state index in [0.29, 0.717) is 0 Å². The Bertz CT molecular complexity index is 103. The number of nitro groups is 1. The van der Waals surface area contributed by atoms with Gasteiger partial charge < -0.3 is 0 Å². The maximum Gasteiger partial charge on any atom is 0.229 e. The van der Waals surface area contributed by atoms with Crippen LogP contribution in [0, 0.1) is 15.0 Å². The molecule has 0 aliphatic carbocycles. The van der Waals surface area contributed by atoms with E-state index in [0.717, 1.165) is 0 Å². The Morgan fingerprint density at radius 1 is 1.88 bits per heavy atom. The summed E-state index contributed by atoms with van der Waals surface area (Å²) in [7, 11) is 0. The van der Waals surface area contributed by atoms with Gasteiger partial charge in [0.15, 0.2) is 6.04 Å². The summed E-state index contributed by atoms with van der Waals surface area (Å²) in [6, 6.07) is -0.704. The van der Waals surface area contributed by atoms with Gasteiger partial charge in [-0.25, -0.2) is 0 Å². The molecule has 0 heterocycles. The van der Waals surface area contributed by atoms with E-state index in [2.05, 4.69) is 5.18 Å². The first kappa shape index (κ1) is 7.00. The van der Waals surface area contributed by atoms with Crippen molar-refractivity contribution in [3.05, 3.63) is 15.0 Å². The molecular weight excluding hydrogens is 112 g/mol. The highest BCUT2D eigenvalue weighted by Crippen LogP contribution is 1.86. The second-order valence-electron chi connectivity index (χ2n) is 1.47. The van der Waals surface area contributed by atoms with Gasteiger partial charge >= 0.3 is 0 Å². The Hall–Kier alpha value is -1.00. The highest BCUT2D eigenvalue weighted by molar-refractivity contribution is 4.53. The summed E-state index contributed by atoms with van der Waals surface area (Å²) in [5, 5.41) is 12.0. The second kappa shape index (κ2) is 3.06. The summed E-state index contributed by atoms with van der Waals surface area (Å²) in [5.74, 6) is 0. The Morgan fingerprint density at radius 3 is 2.50 bits per heavy atom. The Balaban J connectivity index is 3.38. The molecule has 46 valence electrons. The van der Waals surface area contributed by atoms with E-state index in [4.69, 9.17) is 0 Å². The molecule has 0 aliphatic rings. The fourth-order valence-electron chi connectivity index (χ4n) is 0.249. The van der Waals surface area contributed by atoms with Crippen molar-refractivity contribution < 1.29 is 4.92 Å². The minimum Gasteiger partial charge on any atom is -0.264 e. The van der Waals surface area contributed by atoms with Crippen LogP contribution in [0.3, 0.4) is 0 Å². The van der Waals surface area contributed by atoms with Crippen LogP contribution in [-0.4, -0.2) is 17.5 Å². The first-order chi connectivity index (χ1) is 3.66. The van der Waals surface area contributed by atoms with Gasteiger partial charge in [0.1, 0.15) is 0 Å². The van der Waals surface area contributed by atoms with Crippen molar-refractivity contribution in [1.29, 1.82) is 0 Å². The molecule has 0 N–H and O–H groups in total. The minimum absolute atomic E-state index is 0.372. The van der Waals surface area contributed by atoms with Gasteiger partial charge in [0.05, 0.1) is 0 Å². The third kappa shape index (κ3) is 3.20. The quantitative estimate of drug-likeness (QED) is 0.306. The van der Waals surface area contributed by atoms with Crippen LogP contribution >= 0.6 is 0 Å². The predicted molar refractivity (Wildman–Crippen MR) is 27.1 cm³/mol. The SMILES string of the molecule is CC(C[N+](=O)[O-])N=O. The normalized spacial score (nSPS) is 12.6. The van der Waals surface area contributed by atoms with Gasteiger partial charge in [0, 0.05) is 4.92 Å². The van der Waals surface area contributed by atoms with Crippen molar-refractivity contribution >= 4 is 0 Å². The molecule has 0 saturated carbocycles. The molecule has 0 radical (unpaired) electrons. The molecule has 8 heavy (non-hydrogen) atoms. The van der Waals surface area contributed by atoms with Crippen LogP contribution in [0.25, 0.3) is 0 Å². The van der Waals surface area contributed by atoms with E-state index in [1.165, 1.54) is 6.92 Å². The lowest BCUT2D eigenvalue weighted by Crippen LogP contribution is -2.12. The fourth-order valence-corrected chi connectivity index (χ4v) is 0.249. The number of rotatable bonds is 3. The van der Waals surface area contributed by atoms with Gasteiger partial charge in [-0.2, -0.15) is 4.91 Å². The molecule has 0 amide bonds. The third-order valence-electron chi connectivity index (χ3n) is 0.593. The van der Waals surface area contributed by atoms with Crippen LogP contribution in [0.15, 0.2) is 5.18 Å². The van der Waals surface area contributed by atoms with Crippen molar-refractivity contribution in [2.45, 2.75) is 13.0 Å². The maximum absolute atomic E-state index is 9.58.